The predicted molar refractivity (Wildman–Crippen MR) is 114 cm³/mol. The van der Waals surface area contributed by atoms with Crippen molar-refractivity contribution in [2.24, 2.45) is 0 Å². The van der Waals surface area contributed by atoms with Crippen LogP contribution in [0.25, 0.3) is 11.8 Å². The summed E-state index contributed by atoms with van der Waals surface area (Å²) >= 11 is 0. The van der Waals surface area contributed by atoms with E-state index in [9.17, 15) is 9.18 Å². The van der Waals surface area contributed by atoms with Crippen molar-refractivity contribution in [1.82, 2.24) is 25.1 Å². The molecule has 8 heteroatoms. The molecule has 1 aliphatic heterocycles. The van der Waals surface area contributed by atoms with Crippen LogP contribution in [-0.2, 0) is 4.79 Å². The molecule has 2 heterocycles. The summed E-state index contributed by atoms with van der Waals surface area (Å²) in [5.74, 6) is 0.986. The largest absolute Gasteiger partial charge is 0.494 e. The molecule has 1 aliphatic rings. The van der Waals surface area contributed by atoms with E-state index in [2.05, 4.69) is 15.5 Å². The third-order valence-electron chi connectivity index (χ3n) is 5.60. The number of benzene rings is 2. The minimum Gasteiger partial charge on any atom is -0.494 e. The number of hydrogen-bond donors (Lipinski definition) is 0. The van der Waals surface area contributed by atoms with Gasteiger partial charge in [-0.25, -0.2) is 4.39 Å². The Kier molecular flexibility index (Phi) is 5.79. The maximum absolute atomic E-state index is 13.3. The van der Waals surface area contributed by atoms with Crippen LogP contribution in [0.5, 0.6) is 5.75 Å². The van der Waals surface area contributed by atoms with Crippen LogP contribution >= 0.6 is 0 Å². The number of ether oxygens (including phenoxy) is 1. The third kappa shape index (κ3) is 4.19. The molecule has 4 rings (SSSR count). The van der Waals surface area contributed by atoms with E-state index < -0.39 is 0 Å². The average molecular weight is 421 g/mol. The van der Waals surface area contributed by atoms with Crippen molar-refractivity contribution in [3.05, 3.63) is 70.8 Å². The van der Waals surface area contributed by atoms with Crippen LogP contribution in [0.15, 0.2) is 48.0 Å². The van der Waals surface area contributed by atoms with Gasteiger partial charge in [0, 0.05) is 12.1 Å². The first-order valence-electron chi connectivity index (χ1n) is 10.2. The molecule has 7 nitrogen and oxygen atoms in total. The highest BCUT2D eigenvalue weighted by Gasteiger charge is 2.28. The summed E-state index contributed by atoms with van der Waals surface area (Å²) in [6.07, 6.45) is 3.49. The van der Waals surface area contributed by atoms with Gasteiger partial charge in [0.05, 0.1) is 13.2 Å². The fourth-order valence-corrected chi connectivity index (χ4v) is 3.87. The molecule has 0 spiro atoms. The molecule has 0 N–H and O–H groups in total. The maximum Gasteiger partial charge on any atom is 0.250 e. The van der Waals surface area contributed by atoms with Gasteiger partial charge in [0.15, 0.2) is 5.82 Å². The fourth-order valence-electron chi connectivity index (χ4n) is 3.87. The summed E-state index contributed by atoms with van der Waals surface area (Å²) in [6.45, 7) is 4.46. The second-order valence-corrected chi connectivity index (χ2v) is 7.57. The summed E-state index contributed by atoms with van der Waals surface area (Å²) < 4.78 is 20.4. The van der Waals surface area contributed by atoms with Crippen LogP contribution in [0.2, 0.25) is 0 Å². The number of hydrogen-bond acceptors (Lipinski definition) is 5. The molecule has 1 atom stereocenters. The molecule has 0 unspecified atom stereocenters. The Morgan fingerprint density at radius 2 is 1.97 bits per heavy atom. The summed E-state index contributed by atoms with van der Waals surface area (Å²) in [4.78, 5) is 15.0. The van der Waals surface area contributed by atoms with Crippen molar-refractivity contribution in [2.45, 2.75) is 32.7 Å². The fraction of sp³-hybridized carbons (Fsp3) is 0.304. The average Bonchev–Trinajstić information content (AvgIpc) is 3.20. The Morgan fingerprint density at radius 3 is 2.65 bits per heavy atom. The molecular weight excluding hydrogens is 397 g/mol. The predicted octanol–water partition coefficient (Wildman–Crippen LogP) is 3.89. The Morgan fingerprint density at radius 1 is 1.19 bits per heavy atom. The standard InChI is InChI=1S/C23H24FN5O2/c1-15(18-7-9-20(24)10-8-18)28-12-4-5-19(23(28)30)13-17-6-11-21(22(14-17)31-3)29-16(2)25-26-27-29/h6-11,13-15H,4-5,12H2,1-3H3/b19-13+/t15-/m0/s1. The number of likely N-dealkylation sites (tertiary alicyclic amines) is 1. The number of carbonyl (C=O) groups excluding carboxylic acids is 1. The monoisotopic (exact) mass is 421 g/mol. The lowest BCUT2D eigenvalue weighted by atomic mass is 9.97. The zero-order chi connectivity index (χ0) is 22.0. The van der Waals surface area contributed by atoms with Crippen LogP contribution in [0, 0.1) is 12.7 Å². The number of tetrazole rings is 1. The molecule has 2 aromatic carbocycles. The van der Waals surface area contributed by atoms with Crippen molar-refractivity contribution in [2.75, 3.05) is 13.7 Å². The Hall–Kier alpha value is -3.55. The first-order chi connectivity index (χ1) is 15.0. The van der Waals surface area contributed by atoms with Crippen molar-refractivity contribution >= 4 is 12.0 Å². The third-order valence-corrected chi connectivity index (χ3v) is 5.60. The number of amides is 1. The molecule has 0 saturated carbocycles. The van der Waals surface area contributed by atoms with Crippen LogP contribution in [0.4, 0.5) is 4.39 Å². The highest BCUT2D eigenvalue weighted by atomic mass is 19.1. The minimum atomic E-state index is -0.282. The number of rotatable bonds is 5. The Bertz CT molecular complexity index is 1120. The molecule has 0 aliphatic carbocycles. The van der Waals surface area contributed by atoms with E-state index >= 15 is 0 Å². The molecule has 31 heavy (non-hydrogen) atoms. The normalized spacial score (nSPS) is 16.6. The second kappa shape index (κ2) is 8.67. The second-order valence-electron chi connectivity index (χ2n) is 7.57. The van der Waals surface area contributed by atoms with Crippen molar-refractivity contribution in [3.8, 4) is 11.4 Å². The van der Waals surface area contributed by atoms with Gasteiger partial charge in [0.1, 0.15) is 17.3 Å². The van der Waals surface area contributed by atoms with E-state index in [1.54, 1.807) is 23.9 Å². The van der Waals surface area contributed by atoms with Crippen molar-refractivity contribution in [1.29, 1.82) is 0 Å². The van der Waals surface area contributed by atoms with Crippen LogP contribution < -0.4 is 4.74 Å². The molecular formula is C23H24FN5O2. The molecule has 0 bridgehead atoms. The zero-order valence-corrected chi connectivity index (χ0v) is 17.7. The number of methoxy groups -OCH3 is 1. The van der Waals surface area contributed by atoms with E-state index in [1.807, 2.05) is 43.0 Å². The van der Waals surface area contributed by atoms with Crippen LogP contribution in [0.1, 0.15) is 42.8 Å². The van der Waals surface area contributed by atoms with Gasteiger partial charge < -0.3 is 9.64 Å². The molecule has 160 valence electrons. The van der Waals surface area contributed by atoms with Gasteiger partial charge in [-0.1, -0.05) is 18.2 Å². The molecule has 0 radical (unpaired) electrons. The summed E-state index contributed by atoms with van der Waals surface area (Å²) in [7, 11) is 1.59. The lowest BCUT2D eigenvalue weighted by Gasteiger charge is -2.34. The number of aromatic nitrogens is 4. The van der Waals surface area contributed by atoms with Gasteiger partial charge >= 0.3 is 0 Å². The van der Waals surface area contributed by atoms with Gasteiger partial charge in [-0.15, -0.1) is 5.10 Å². The zero-order valence-electron chi connectivity index (χ0n) is 17.7. The minimum absolute atomic E-state index is 0.00226. The Labute approximate surface area is 180 Å². The lowest BCUT2D eigenvalue weighted by Crippen LogP contribution is -2.38. The molecule has 1 amide bonds. The smallest absolute Gasteiger partial charge is 0.250 e. The number of nitrogens with zero attached hydrogens (tertiary/aromatic N) is 5. The van der Waals surface area contributed by atoms with Crippen molar-refractivity contribution < 1.29 is 13.9 Å². The summed E-state index contributed by atoms with van der Waals surface area (Å²) in [5.41, 5.74) is 3.26. The van der Waals surface area contributed by atoms with Gasteiger partial charge in [0.25, 0.3) is 0 Å². The summed E-state index contributed by atoms with van der Waals surface area (Å²) in [6, 6.07) is 11.9. The first kappa shape index (κ1) is 20.7. The first-order valence-corrected chi connectivity index (χ1v) is 10.2. The SMILES string of the molecule is COc1cc(/C=C2\CCCN([C@@H](C)c3ccc(F)cc3)C2=O)ccc1-n1nnnc1C. The van der Waals surface area contributed by atoms with Crippen LogP contribution in [-0.4, -0.2) is 44.7 Å². The van der Waals surface area contributed by atoms with Gasteiger partial charge in [-0.2, -0.15) is 4.68 Å². The van der Waals surface area contributed by atoms with E-state index in [-0.39, 0.29) is 17.8 Å². The van der Waals surface area contributed by atoms with Gasteiger partial charge in [-0.3, -0.25) is 4.79 Å². The number of carbonyl (C=O) groups is 1. The summed E-state index contributed by atoms with van der Waals surface area (Å²) in [5, 5.41) is 11.6. The molecule has 1 fully saturated rings. The molecule has 1 saturated heterocycles. The Balaban J connectivity index is 1.60. The number of halogens is 1. The number of piperidine rings is 1. The van der Waals surface area contributed by atoms with Crippen LogP contribution in [0.3, 0.4) is 0 Å². The van der Waals surface area contributed by atoms with E-state index in [4.69, 9.17) is 4.74 Å². The topological polar surface area (TPSA) is 73.1 Å². The lowest BCUT2D eigenvalue weighted by molar-refractivity contribution is -0.130. The van der Waals surface area contributed by atoms with Gasteiger partial charge in [0.2, 0.25) is 5.91 Å². The highest BCUT2D eigenvalue weighted by molar-refractivity contribution is 5.98. The maximum atomic E-state index is 13.3. The van der Waals surface area contributed by atoms with E-state index in [0.29, 0.717) is 24.5 Å². The van der Waals surface area contributed by atoms with E-state index in [0.717, 1.165) is 28.8 Å². The van der Waals surface area contributed by atoms with E-state index in [1.165, 1.54) is 12.1 Å². The van der Waals surface area contributed by atoms with Crippen molar-refractivity contribution in [3.63, 3.8) is 0 Å². The number of aryl methyl sites for hydroxylation is 1. The molecule has 1 aromatic heterocycles. The van der Waals surface area contributed by atoms with Gasteiger partial charge in [-0.05, 0) is 78.6 Å². The highest BCUT2D eigenvalue weighted by Crippen LogP contribution is 2.30. The quantitative estimate of drug-likeness (QED) is 0.585. The molecule has 3 aromatic rings.